The summed E-state index contributed by atoms with van der Waals surface area (Å²) in [4.78, 5) is 34.2. The van der Waals surface area contributed by atoms with Gasteiger partial charge in [0.2, 0.25) is 0 Å². The summed E-state index contributed by atoms with van der Waals surface area (Å²) < 4.78 is 10.0. The number of esters is 1. The molecule has 0 heterocycles. The lowest BCUT2D eigenvalue weighted by atomic mass is 10.2. The van der Waals surface area contributed by atoms with E-state index in [1.54, 1.807) is 41.5 Å². The van der Waals surface area contributed by atoms with Crippen molar-refractivity contribution in [3.8, 4) is 0 Å². The zero-order chi connectivity index (χ0) is 16.0. The number of hydrogen-bond donors (Lipinski definition) is 1. The molecule has 0 aliphatic rings. The fourth-order valence-electron chi connectivity index (χ4n) is 1.25. The van der Waals surface area contributed by atoms with Gasteiger partial charge in [0.1, 0.15) is 23.4 Å². The van der Waals surface area contributed by atoms with Gasteiger partial charge in [0.05, 0.1) is 0 Å². The average Bonchev–Trinajstić information content (AvgIpc) is 2.10. The minimum Gasteiger partial charge on any atom is -0.460 e. The molecule has 0 unspecified atom stereocenters. The number of rotatable bonds is 5. The van der Waals surface area contributed by atoms with Crippen molar-refractivity contribution in [2.24, 2.45) is 0 Å². The summed E-state index contributed by atoms with van der Waals surface area (Å²) in [6.45, 7) is 10.6. The van der Waals surface area contributed by atoms with Gasteiger partial charge in [0.15, 0.2) is 0 Å². The first-order chi connectivity index (χ1) is 8.89. The molecule has 0 radical (unpaired) electrons. The first kappa shape index (κ1) is 18.4. The predicted molar refractivity (Wildman–Crippen MR) is 74.3 cm³/mol. The molecule has 0 aliphatic heterocycles. The molecule has 0 fully saturated rings. The summed E-state index contributed by atoms with van der Waals surface area (Å²) in [5, 5.41) is 2.46. The molecule has 6 heteroatoms. The summed E-state index contributed by atoms with van der Waals surface area (Å²) in [5.74, 6) is -0.838. The normalized spacial score (nSPS) is 11.7. The summed E-state index contributed by atoms with van der Waals surface area (Å²) in [6.07, 6.45) is -0.797. The molecule has 0 aromatic heterocycles. The standard InChI is InChI=1S/C14H25NO5/c1-13(2,3)19-11(17)9-10(16)7-8-15-12(18)20-14(4,5)6/h7-9H2,1-6H3,(H,15,18). The van der Waals surface area contributed by atoms with E-state index < -0.39 is 23.3 Å². The minimum atomic E-state index is -0.605. The van der Waals surface area contributed by atoms with Crippen molar-refractivity contribution in [2.75, 3.05) is 6.54 Å². The van der Waals surface area contributed by atoms with Gasteiger partial charge in [0, 0.05) is 13.0 Å². The van der Waals surface area contributed by atoms with Crippen molar-refractivity contribution in [3.63, 3.8) is 0 Å². The van der Waals surface area contributed by atoms with Gasteiger partial charge in [-0.3, -0.25) is 9.59 Å². The monoisotopic (exact) mass is 287 g/mol. The molecule has 0 aliphatic carbocycles. The number of hydrogen-bond acceptors (Lipinski definition) is 5. The molecule has 6 nitrogen and oxygen atoms in total. The molecule has 1 amide bonds. The Labute approximate surface area is 120 Å². The minimum absolute atomic E-state index is 0.0679. The van der Waals surface area contributed by atoms with Crippen LogP contribution in [0, 0.1) is 0 Å². The van der Waals surface area contributed by atoms with Crippen molar-refractivity contribution in [3.05, 3.63) is 0 Å². The number of Topliss-reactive ketones (excluding diaryl/α,β-unsaturated/α-hetero) is 1. The number of carbonyl (C=O) groups is 3. The van der Waals surface area contributed by atoms with Crippen LogP contribution in [-0.2, 0) is 19.1 Å². The highest BCUT2D eigenvalue weighted by Crippen LogP contribution is 2.09. The van der Waals surface area contributed by atoms with Crippen LogP contribution < -0.4 is 5.32 Å². The number of ketones is 1. The smallest absolute Gasteiger partial charge is 0.407 e. The molecule has 0 bridgehead atoms. The lowest BCUT2D eigenvalue weighted by molar-refractivity contribution is -0.156. The van der Waals surface area contributed by atoms with Gasteiger partial charge in [0.25, 0.3) is 0 Å². The largest absolute Gasteiger partial charge is 0.460 e. The second kappa shape index (κ2) is 7.26. The summed E-state index contributed by atoms with van der Waals surface area (Å²) in [5.41, 5.74) is -1.18. The van der Waals surface area contributed by atoms with Crippen LogP contribution in [0.4, 0.5) is 4.79 Å². The highest BCUT2D eigenvalue weighted by Gasteiger charge is 2.19. The molecule has 0 saturated heterocycles. The Hall–Kier alpha value is -1.59. The van der Waals surface area contributed by atoms with Crippen molar-refractivity contribution in [2.45, 2.75) is 65.6 Å². The molecule has 1 N–H and O–H groups in total. The van der Waals surface area contributed by atoms with Crippen LogP contribution in [0.25, 0.3) is 0 Å². The SMILES string of the molecule is CC(C)(C)OC(=O)CC(=O)CCNC(=O)OC(C)(C)C. The summed E-state index contributed by atoms with van der Waals surface area (Å²) in [6, 6.07) is 0. The van der Waals surface area contributed by atoms with Crippen molar-refractivity contribution >= 4 is 17.8 Å². The lowest BCUT2D eigenvalue weighted by Crippen LogP contribution is -2.34. The molecular weight excluding hydrogens is 262 g/mol. The third kappa shape index (κ3) is 11.5. The fraction of sp³-hybridized carbons (Fsp3) is 0.786. The maximum Gasteiger partial charge on any atom is 0.407 e. The molecule has 0 spiro atoms. The molecule has 0 aromatic carbocycles. The van der Waals surface area contributed by atoms with Crippen LogP contribution >= 0.6 is 0 Å². The van der Waals surface area contributed by atoms with Gasteiger partial charge in [-0.25, -0.2) is 4.79 Å². The van der Waals surface area contributed by atoms with E-state index in [2.05, 4.69) is 5.32 Å². The highest BCUT2D eigenvalue weighted by atomic mass is 16.6. The zero-order valence-electron chi connectivity index (χ0n) is 13.2. The van der Waals surface area contributed by atoms with Crippen LogP contribution in [0.5, 0.6) is 0 Å². The number of carbonyl (C=O) groups excluding carboxylic acids is 3. The summed E-state index contributed by atoms with van der Waals surface area (Å²) >= 11 is 0. The Morgan fingerprint density at radius 1 is 0.900 bits per heavy atom. The third-order valence-electron chi connectivity index (χ3n) is 1.83. The maximum atomic E-state index is 11.5. The van der Waals surface area contributed by atoms with E-state index in [-0.39, 0.29) is 25.2 Å². The van der Waals surface area contributed by atoms with E-state index in [9.17, 15) is 14.4 Å². The van der Waals surface area contributed by atoms with Gasteiger partial charge < -0.3 is 14.8 Å². The van der Waals surface area contributed by atoms with Gasteiger partial charge in [-0.2, -0.15) is 0 Å². The molecule has 0 saturated carbocycles. The second-order valence-corrected chi connectivity index (χ2v) is 6.48. The molecule has 20 heavy (non-hydrogen) atoms. The second-order valence-electron chi connectivity index (χ2n) is 6.48. The average molecular weight is 287 g/mol. The zero-order valence-corrected chi connectivity index (χ0v) is 13.2. The number of nitrogens with one attached hydrogen (secondary N) is 1. The van der Waals surface area contributed by atoms with Crippen LogP contribution in [0.1, 0.15) is 54.4 Å². The van der Waals surface area contributed by atoms with Gasteiger partial charge in [-0.15, -0.1) is 0 Å². The fourth-order valence-corrected chi connectivity index (χ4v) is 1.25. The quantitative estimate of drug-likeness (QED) is 0.619. The third-order valence-corrected chi connectivity index (χ3v) is 1.83. The molecular formula is C14H25NO5. The number of amides is 1. The van der Waals surface area contributed by atoms with E-state index in [0.717, 1.165) is 0 Å². The Bertz CT molecular complexity index is 363. The van der Waals surface area contributed by atoms with Crippen molar-refractivity contribution < 1.29 is 23.9 Å². The van der Waals surface area contributed by atoms with E-state index in [1.807, 2.05) is 0 Å². The van der Waals surface area contributed by atoms with Gasteiger partial charge in [-0.1, -0.05) is 0 Å². The molecule has 0 atom stereocenters. The van der Waals surface area contributed by atoms with Crippen LogP contribution in [0.3, 0.4) is 0 Å². The molecule has 0 rings (SSSR count). The first-order valence-electron chi connectivity index (χ1n) is 6.59. The topological polar surface area (TPSA) is 81.7 Å². The van der Waals surface area contributed by atoms with Crippen LogP contribution in [0.2, 0.25) is 0 Å². The van der Waals surface area contributed by atoms with E-state index >= 15 is 0 Å². The van der Waals surface area contributed by atoms with Crippen molar-refractivity contribution in [1.29, 1.82) is 0 Å². The predicted octanol–water partition coefficient (Wildman–Crippen LogP) is 2.20. The highest BCUT2D eigenvalue weighted by molar-refractivity contribution is 5.95. The Morgan fingerprint density at radius 2 is 1.40 bits per heavy atom. The lowest BCUT2D eigenvalue weighted by Gasteiger charge is -2.20. The Morgan fingerprint density at radius 3 is 1.85 bits per heavy atom. The first-order valence-corrected chi connectivity index (χ1v) is 6.59. The van der Waals surface area contributed by atoms with E-state index in [1.165, 1.54) is 0 Å². The number of ether oxygens (including phenoxy) is 2. The van der Waals surface area contributed by atoms with Crippen LogP contribution in [0.15, 0.2) is 0 Å². The van der Waals surface area contributed by atoms with E-state index in [4.69, 9.17) is 9.47 Å². The van der Waals surface area contributed by atoms with Gasteiger partial charge >= 0.3 is 12.1 Å². The number of alkyl carbamates (subject to hydrolysis) is 1. The van der Waals surface area contributed by atoms with E-state index in [0.29, 0.717) is 0 Å². The molecule has 0 aromatic rings. The molecule has 116 valence electrons. The van der Waals surface area contributed by atoms with Crippen molar-refractivity contribution in [1.82, 2.24) is 5.32 Å². The summed E-state index contributed by atoms with van der Waals surface area (Å²) in [7, 11) is 0. The van der Waals surface area contributed by atoms with Gasteiger partial charge in [-0.05, 0) is 41.5 Å². The Balaban J connectivity index is 3.90. The Kier molecular flexibility index (Phi) is 6.68. The van der Waals surface area contributed by atoms with Crippen LogP contribution in [-0.4, -0.2) is 35.6 Å². The maximum absolute atomic E-state index is 11.5.